The summed E-state index contributed by atoms with van der Waals surface area (Å²) in [7, 11) is 1.96. The highest BCUT2D eigenvalue weighted by Crippen LogP contribution is 2.21. The second-order valence-electron chi connectivity index (χ2n) is 4.46. The Kier molecular flexibility index (Phi) is 4.82. The minimum absolute atomic E-state index is 0.423. The van der Waals surface area contributed by atoms with Gasteiger partial charge in [0.2, 0.25) is 0 Å². The van der Waals surface area contributed by atoms with E-state index in [1.54, 1.807) is 0 Å². The Morgan fingerprint density at radius 2 is 2.11 bits per heavy atom. The van der Waals surface area contributed by atoms with Crippen LogP contribution in [-0.4, -0.2) is 32.5 Å². The van der Waals surface area contributed by atoms with Crippen LogP contribution in [0.15, 0.2) is 0 Å². The maximum atomic E-state index is 6.00. The molecule has 0 aliphatic rings. The van der Waals surface area contributed by atoms with Crippen LogP contribution in [0.4, 0.5) is 0 Å². The van der Waals surface area contributed by atoms with Crippen molar-refractivity contribution < 1.29 is 4.74 Å². The van der Waals surface area contributed by atoms with Crippen LogP contribution in [-0.2, 0) is 30.6 Å². The fourth-order valence-corrected chi connectivity index (χ4v) is 2.54. The van der Waals surface area contributed by atoms with Crippen molar-refractivity contribution in [1.29, 1.82) is 0 Å². The Bertz CT molecular complexity index is 546. The minimum atomic E-state index is 0.423. The van der Waals surface area contributed by atoms with E-state index in [2.05, 4.69) is 21.6 Å². The van der Waals surface area contributed by atoms with Gasteiger partial charge in [-0.2, -0.15) is 5.10 Å². The van der Waals surface area contributed by atoms with Crippen molar-refractivity contribution in [3.05, 3.63) is 11.5 Å². The zero-order chi connectivity index (χ0) is 13.8. The number of hydrogen-bond acceptors (Lipinski definition) is 3. The van der Waals surface area contributed by atoms with E-state index in [0.29, 0.717) is 5.88 Å². The highest BCUT2D eigenvalue weighted by Gasteiger charge is 2.17. The van der Waals surface area contributed by atoms with Gasteiger partial charge < -0.3 is 9.30 Å². The van der Waals surface area contributed by atoms with Crippen LogP contribution in [0.5, 0.6) is 0 Å². The summed E-state index contributed by atoms with van der Waals surface area (Å²) in [5.41, 5.74) is 3.08. The molecule has 0 saturated carbocycles. The van der Waals surface area contributed by atoms with E-state index in [1.165, 1.54) is 0 Å². The average molecular weight is 285 g/mol. The van der Waals surface area contributed by atoms with Crippen molar-refractivity contribution in [2.24, 2.45) is 7.05 Å². The SMILES string of the molecule is CCOCCCn1c(CCl)nc2c(CC)nn(C)c21. The van der Waals surface area contributed by atoms with E-state index < -0.39 is 0 Å². The zero-order valence-corrected chi connectivity index (χ0v) is 12.6. The van der Waals surface area contributed by atoms with Crippen molar-refractivity contribution in [2.45, 2.75) is 39.1 Å². The molecule has 0 aliphatic carbocycles. The highest BCUT2D eigenvalue weighted by atomic mass is 35.5. The molecule has 19 heavy (non-hydrogen) atoms. The summed E-state index contributed by atoms with van der Waals surface area (Å²) in [5.74, 6) is 1.34. The molecule has 106 valence electrons. The third kappa shape index (κ3) is 2.77. The summed E-state index contributed by atoms with van der Waals surface area (Å²) in [5, 5.41) is 4.51. The predicted octanol–water partition coefficient (Wildman–Crippen LogP) is 2.50. The molecule has 0 amide bonds. The number of nitrogens with zero attached hydrogens (tertiary/aromatic N) is 4. The quantitative estimate of drug-likeness (QED) is 0.580. The molecular formula is C13H21ClN4O. The van der Waals surface area contributed by atoms with Gasteiger partial charge in [0.1, 0.15) is 11.3 Å². The Morgan fingerprint density at radius 1 is 1.32 bits per heavy atom. The van der Waals surface area contributed by atoms with E-state index in [9.17, 15) is 0 Å². The lowest BCUT2D eigenvalue weighted by Gasteiger charge is -2.08. The first-order valence-electron chi connectivity index (χ1n) is 6.77. The van der Waals surface area contributed by atoms with Crippen molar-refractivity contribution in [3.8, 4) is 0 Å². The second kappa shape index (κ2) is 6.39. The number of ether oxygens (including phenoxy) is 1. The number of aromatic nitrogens is 4. The Labute approximate surface area is 118 Å². The van der Waals surface area contributed by atoms with Crippen molar-refractivity contribution in [2.75, 3.05) is 13.2 Å². The molecule has 2 rings (SSSR count). The fourth-order valence-electron chi connectivity index (χ4n) is 2.33. The maximum Gasteiger partial charge on any atom is 0.158 e. The summed E-state index contributed by atoms with van der Waals surface area (Å²) < 4.78 is 9.45. The Balaban J connectivity index is 2.31. The lowest BCUT2D eigenvalue weighted by atomic mass is 10.3. The fraction of sp³-hybridized carbons (Fsp3) is 0.692. The molecular weight excluding hydrogens is 264 g/mol. The van der Waals surface area contributed by atoms with Gasteiger partial charge in [-0.25, -0.2) is 4.98 Å². The minimum Gasteiger partial charge on any atom is -0.382 e. The number of alkyl halides is 1. The molecule has 2 aromatic heterocycles. The van der Waals surface area contributed by atoms with Gasteiger partial charge in [0.15, 0.2) is 5.65 Å². The van der Waals surface area contributed by atoms with Crippen LogP contribution >= 0.6 is 11.6 Å². The number of halogens is 1. The van der Waals surface area contributed by atoms with Crippen molar-refractivity contribution >= 4 is 22.8 Å². The molecule has 2 heterocycles. The second-order valence-corrected chi connectivity index (χ2v) is 4.73. The number of fused-ring (bicyclic) bond motifs is 1. The van der Waals surface area contributed by atoms with Crippen LogP contribution in [0.2, 0.25) is 0 Å². The molecule has 0 N–H and O–H groups in total. The summed E-state index contributed by atoms with van der Waals surface area (Å²) in [6.45, 7) is 6.48. The third-order valence-electron chi connectivity index (χ3n) is 3.20. The Morgan fingerprint density at radius 3 is 2.74 bits per heavy atom. The van der Waals surface area contributed by atoms with Gasteiger partial charge in [-0.15, -0.1) is 11.6 Å². The molecule has 0 radical (unpaired) electrons. The molecule has 0 aliphatic heterocycles. The summed E-state index contributed by atoms with van der Waals surface area (Å²) in [4.78, 5) is 4.63. The molecule has 0 unspecified atom stereocenters. The maximum absolute atomic E-state index is 6.00. The number of hydrogen-bond donors (Lipinski definition) is 0. The van der Waals surface area contributed by atoms with Crippen LogP contribution in [0.1, 0.15) is 31.8 Å². The van der Waals surface area contributed by atoms with E-state index >= 15 is 0 Å². The standard InChI is InChI=1S/C13H21ClN4O/c1-4-10-12-13(17(3)16-10)18(11(9-14)15-12)7-6-8-19-5-2/h4-9H2,1-3H3. The van der Waals surface area contributed by atoms with Crippen LogP contribution in [0, 0.1) is 0 Å². The molecule has 0 bridgehead atoms. The van der Waals surface area contributed by atoms with Gasteiger partial charge >= 0.3 is 0 Å². The van der Waals surface area contributed by atoms with Gasteiger partial charge in [-0.1, -0.05) is 6.92 Å². The predicted molar refractivity (Wildman–Crippen MR) is 76.5 cm³/mol. The first kappa shape index (κ1) is 14.3. The summed E-state index contributed by atoms with van der Waals surface area (Å²) >= 11 is 6.00. The number of rotatable bonds is 7. The molecule has 6 heteroatoms. The van der Waals surface area contributed by atoms with Crippen LogP contribution in [0.25, 0.3) is 11.2 Å². The lowest BCUT2D eigenvalue weighted by Crippen LogP contribution is -2.08. The molecule has 0 aromatic carbocycles. The van der Waals surface area contributed by atoms with Gasteiger partial charge in [-0.3, -0.25) is 4.68 Å². The first-order chi connectivity index (χ1) is 9.22. The molecule has 0 fully saturated rings. The molecule has 0 saturated heterocycles. The average Bonchev–Trinajstić information content (AvgIpc) is 2.93. The number of imidazole rings is 1. The summed E-state index contributed by atoms with van der Waals surface area (Å²) in [6.07, 6.45) is 1.84. The van der Waals surface area contributed by atoms with E-state index in [0.717, 1.165) is 55.3 Å². The third-order valence-corrected chi connectivity index (χ3v) is 3.44. The zero-order valence-electron chi connectivity index (χ0n) is 11.8. The van der Waals surface area contributed by atoms with Gasteiger partial charge in [0.25, 0.3) is 0 Å². The smallest absolute Gasteiger partial charge is 0.158 e. The monoisotopic (exact) mass is 284 g/mol. The lowest BCUT2D eigenvalue weighted by molar-refractivity contribution is 0.141. The van der Waals surface area contributed by atoms with Crippen molar-refractivity contribution in [1.82, 2.24) is 19.3 Å². The molecule has 5 nitrogen and oxygen atoms in total. The normalized spacial score (nSPS) is 11.6. The number of aryl methyl sites for hydroxylation is 3. The summed E-state index contributed by atoms with van der Waals surface area (Å²) in [6, 6.07) is 0. The van der Waals surface area contributed by atoms with E-state index in [-0.39, 0.29) is 0 Å². The van der Waals surface area contributed by atoms with Crippen LogP contribution < -0.4 is 0 Å². The van der Waals surface area contributed by atoms with Gasteiger partial charge in [-0.05, 0) is 19.8 Å². The molecule has 0 atom stereocenters. The van der Waals surface area contributed by atoms with Crippen LogP contribution in [0.3, 0.4) is 0 Å². The molecule has 0 spiro atoms. The van der Waals surface area contributed by atoms with Gasteiger partial charge in [0.05, 0.1) is 11.6 Å². The van der Waals surface area contributed by atoms with Crippen molar-refractivity contribution in [3.63, 3.8) is 0 Å². The van der Waals surface area contributed by atoms with E-state index in [1.807, 2.05) is 18.7 Å². The topological polar surface area (TPSA) is 44.9 Å². The highest BCUT2D eigenvalue weighted by molar-refractivity contribution is 6.16. The van der Waals surface area contributed by atoms with E-state index in [4.69, 9.17) is 16.3 Å². The molecule has 2 aromatic rings. The first-order valence-corrected chi connectivity index (χ1v) is 7.31. The van der Waals surface area contributed by atoms with Gasteiger partial charge in [0, 0.05) is 26.8 Å². The Hall–Kier alpha value is -1.07. The largest absolute Gasteiger partial charge is 0.382 e.